The molecule has 0 bridgehead atoms. The van der Waals surface area contributed by atoms with E-state index in [0.29, 0.717) is 5.92 Å². The number of aromatic amines is 1. The molecule has 2 nitrogen and oxygen atoms in total. The predicted octanol–water partition coefficient (Wildman–Crippen LogP) is 3.27. The summed E-state index contributed by atoms with van der Waals surface area (Å²) in [6.45, 7) is 2.12. The SMILES string of the molecule is CC1c2c[nH]c3cccc(c23)SC1C#N. The number of benzene rings is 1. The summed E-state index contributed by atoms with van der Waals surface area (Å²) in [6, 6.07) is 8.60. The molecule has 1 aliphatic rings. The normalized spacial score (nSPS) is 24.0. The molecule has 2 unspecified atom stereocenters. The monoisotopic (exact) mass is 214 g/mol. The topological polar surface area (TPSA) is 39.6 Å². The van der Waals surface area contributed by atoms with Crippen LogP contribution in [0.4, 0.5) is 0 Å². The smallest absolute Gasteiger partial charge is 0.103 e. The molecule has 3 heteroatoms. The molecule has 0 aliphatic carbocycles. The van der Waals surface area contributed by atoms with E-state index >= 15 is 0 Å². The molecule has 0 fully saturated rings. The first kappa shape index (κ1) is 8.87. The van der Waals surface area contributed by atoms with Gasteiger partial charge in [-0.1, -0.05) is 13.0 Å². The highest BCUT2D eigenvalue weighted by Gasteiger charge is 2.28. The van der Waals surface area contributed by atoms with Crippen LogP contribution in [-0.4, -0.2) is 10.2 Å². The third kappa shape index (κ3) is 1.12. The van der Waals surface area contributed by atoms with Gasteiger partial charge < -0.3 is 4.98 Å². The minimum atomic E-state index is 0.0406. The molecule has 0 radical (unpaired) electrons. The Kier molecular flexibility index (Phi) is 1.80. The molecule has 2 atom stereocenters. The first-order valence-corrected chi connectivity index (χ1v) is 5.85. The molecule has 0 saturated carbocycles. The number of hydrogen-bond donors (Lipinski definition) is 1. The Balaban J connectivity index is 2.33. The molecular weight excluding hydrogens is 204 g/mol. The van der Waals surface area contributed by atoms with Crippen LogP contribution in [0.1, 0.15) is 18.4 Å². The van der Waals surface area contributed by atoms with Crippen molar-refractivity contribution in [1.82, 2.24) is 4.98 Å². The summed E-state index contributed by atoms with van der Waals surface area (Å²) in [4.78, 5) is 4.50. The number of aromatic nitrogens is 1. The van der Waals surface area contributed by atoms with Gasteiger partial charge in [-0.2, -0.15) is 5.26 Å². The van der Waals surface area contributed by atoms with Crippen molar-refractivity contribution in [2.45, 2.75) is 23.0 Å². The molecule has 2 heterocycles. The molecule has 1 aromatic heterocycles. The Morgan fingerprint density at radius 1 is 1.47 bits per heavy atom. The number of rotatable bonds is 0. The second-order valence-corrected chi connectivity index (χ2v) is 5.06. The van der Waals surface area contributed by atoms with Gasteiger partial charge in [0, 0.05) is 27.9 Å². The van der Waals surface area contributed by atoms with E-state index in [9.17, 15) is 0 Å². The fourth-order valence-electron chi connectivity index (χ4n) is 2.17. The molecule has 15 heavy (non-hydrogen) atoms. The highest BCUT2D eigenvalue weighted by molar-refractivity contribution is 8.00. The maximum atomic E-state index is 9.10. The average Bonchev–Trinajstić information content (AvgIpc) is 2.69. The van der Waals surface area contributed by atoms with E-state index in [4.69, 9.17) is 5.26 Å². The van der Waals surface area contributed by atoms with Gasteiger partial charge in [0.1, 0.15) is 5.25 Å². The molecule has 1 aliphatic heterocycles. The summed E-state index contributed by atoms with van der Waals surface area (Å²) >= 11 is 1.68. The molecule has 1 aromatic carbocycles. The Morgan fingerprint density at radius 2 is 2.33 bits per heavy atom. The van der Waals surface area contributed by atoms with Crippen molar-refractivity contribution in [2.75, 3.05) is 0 Å². The lowest BCUT2D eigenvalue weighted by Gasteiger charge is -2.23. The zero-order chi connectivity index (χ0) is 10.4. The van der Waals surface area contributed by atoms with Crippen molar-refractivity contribution < 1.29 is 0 Å². The maximum absolute atomic E-state index is 9.10. The molecular formula is C12H10N2S. The van der Waals surface area contributed by atoms with Gasteiger partial charge in [0.25, 0.3) is 0 Å². The standard InChI is InChI=1S/C12H10N2S/c1-7-8-6-14-9-3-2-4-10(12(8)9)15-11(7)5-13/h2-4,6-7,11,14H,1H3. The third-order valence-corrected chi connectivity index (χ3v) is 4.39. The van der Waals surface area contributed by atoms with Crippen molar-refractivity contribution in [3.05, 3.63) is 30.0 Å². The largest absolute Gasteiger partial charge is 0.361 e. The van der Waals surface area contributed by atoms with Crippen LogP contribution >= 0.6 is 11.8 Å². The van der Waals surface area contributed by atoms with Crippen LogP contribution in [-0.2, 0) is 0 Å². The van der Waals surface area contributed by atoms with Gasteiger partial charge in [-0.3, -0.25) is 0 Å². The zero-order valence-corrected chi connectivity index (χ0v) is 9.14. The Labute approximate surface area is 92.3 Å². The van der Waals surface area contributed by atoms with Crippen molar-refractivity contribution in [3.8, 4) is 6.07 Å². The van der Waals surface area contributed by atoms with Gasteiger partial charge in [-0.05, 0) is 17.7 Å². The van der Waals surface area contributed by atoms with Crippen LogP contribution in [0, 0.1) is 11.3 Å². The van der Waals surface area contributed by atoms with Gasteiger partial charge in [0.15, 0.2) is 0 Å². The lowest BCUT2D eigenvalue weighted by molar-refractivity contribution is 0.803. The minimum absolute atomic E-state index is 0.0406. The first-order valence-electron chi connectivity index (χ1n) is 4.97. The molecule has 2 aromatic rings. The lowest BCUT2D eigenvalue weighted by Crippen LogP contribution is -2.13. The quantitative estimate of drug-likeness (QED) is 0.731. The van der Waals surface area contributed by atoms with E-state index in [0.717, 1.165) is 0 Å². The molecule has 0 amide bonds. The third-order valence-electron chi connectivity index (χ3n) is 3.02. The molecule has 3 rings (SSSR count). The minimum Gasteiger partial charge on any atom is -0.361 e. The van der Waals surface area contributed by atoms with Crippen LogP contribution in [0.3, 0.4) is 0 Å². The van der Waals surface area contributed by atoms with E-state index in [1.165, 1.54) is 21.4 Å². The van der Waals surface area contributed by atoms with Crippen molar-refractivity contribution >= 4 is 22.7 Å². The Morgan fingerprint density at radius 3 is 3.13 bits per heavy atom. The number of nitriles is 1. The number of thioether (sulfide) groups is 1. The van der Waals surface area contributed by atoms with Crippen LogP contribution in [0.5, 0.6) is 0 Å². The van der Waals surface area contributed by atoms with Crippen molar-refractivity contribution in [3.63, 3.8) is 0 Å². The van der Waals surface area contributed by atoms with Crippen LogP contribution in [0.2, 0.25) is 0 Å². The van der Waals surface area contributed by atoms with Crippen LogP contribution in [0.25, 0.3) is 10.9 Å². The Hall–Kier alpha value is -1.40. The summed E-state index contributed by atoms with van der Waals surface area (Å²) in [5, 5.41) is 10.4. The number of H-pyrrole nitrogens is 1. The van der Waals surface area contributed by atoms with Gasteiger partial charge in [0.05, 0.1) is 6.07 Å². The summed E-state index contributed by atoms with van der Waals surface area (Å²) < 4.78 is 0. The second-order valence-electron chi connectivity index (χ2n) is 3.88. The Bertz CT molecular complexity index is 564. The number of nitrogens with zero attached hydrogens (tertiary/aromatic N) is 1. The van der Waals surface area contributed by atoms with Crippen molar-refractivity contribution in [2.24, 2.45) is 0 Å². The molecule has 1 N–H and O–H groups in total. The lowest BCUT2D eigenvalue weighted by atomic mass is 9.97. The van der Waals surface area contributed by atoms with Crippen LogP contribution < -0.4 is 0 Å². The van der Waals surface area contributed by atoms with E-state index in [1.54, 1.807) is 11.8 Å². The fraction of sp³-hybridized carbons (Fsp3) is 0.250. The van der Waals surface area contributed by atoms with Gasteiger partial charge in [-0.25, -0.2) is 0 Å². The zero-order valence-electron chi connectivity index (χ0n) is 8.32. The average molecular weight is 214 g/mol. The van der Waals surface area contributed by atoms with Gasteiger partial charge in [-0.15, -0.1) is 11.8 Å². The van der Waals surface area contributed by atoms with E-state index in [2.05, 4.69) is 30.1 Å². The molecule has 74 valence electrons. The predicted molar refractivity (Wildman–Crippen MR) is 62.0 cm³/mol. The van der Waals surface area contributed by atoms with Crippen LogP contribution in [0.15, 0.2) is 29.3 Å². The summed E-state index contributed by atoms with van der Waals surface area (Å²) in [5.41, 5.74) is 2.46. The van der Waals surface area contributed by atoms with Gasteiger partial charge in [0.2, 0.25) is 0 Å². The van der Waals surface area contributed by atoms with Gasteiger partial charge >= 0.3 is 0 Å². The maximum Gasteiger partial charge on any atom is 0.103 e. The van der Waals surface area contributed by atoms with Crippen molar-refractivity contribution in [1.29, 1.82) is 5.26 Å². The second kappa shape index (κ2) is 3.04. The van der Waals surface area contributed by atoms with E-state index in [-0.39, 0.29) is 5.25 Å². The highest BCUT2D eigenvalue weighted by atomic mass is 32.2. The first-order chi connectivity index (χ1) is 7.31. The van der Waals surface area contributed by atoms with E-state index < -0.39 is 0 Å². The highest BCUT2D eigenvalue weighted by Crippen LogP contribution is 2.45. The number of nitrogens with one attached hydrogen (secondary N) is 1. The fourth-order valence-corrected chi connectivity index (χ4v) is 3.35. The summed E-state index contributed by atoms with van der Waals surface area (Å²) in [6.07, 6.45) is 2.04. The summed E-state index contributed by atoms with van der Waals surface area (Å²) in [7, 11) is 0. The molecule has 0 saturated heterocycles. The number of hydrogen-bond acceptors (Lipinski definition) is 2. The molecule has 0 spiro atoms. The van der Waals surface area contributed by atoms with E-state index in [1.807, 2.05) is 12.3 Å². The summed E-state index contributed by atoms with van der Waals surface area (Å²) in [5.74, 6) is 0.309.